The summed E-state index contributed by atoms with van der Waals surface area (Å²) < 4.78 is 34.1. The van der Waals surface area contributed by atoms with E-state index in [0.717, 1.165) is 32.2 Å². The topological polar surface area (TPSA) is 70.2 Å². The van der Waals surface area contributed by atoms with Gasteiger partial charge in [-0.2, -0.15) is 4.31 Å². The molecular weight excluding hydrogens is 498 g/mol. The molecule has 2 saturated heterocycles. The van der Waals surface area contributed by atoms with E-state index in [0.29, 0.717) is 30.6 Å². The Morgan fingerprint density at radius 3 is 2.36 bits per heavy atom. The molecule has 4 rings (SSSR count). The number of rotatable bonds is 7. The van der Waals surface area contributed by atoms with E-state index in [1.54, 1.807) is 17.0 Å². The summed E-state index contributed by atoms with van der Waals surface area (Å²) in [5, 5.41) is 0.487. The van der Waals surface area contributed by atoms with E-state index in [1.165, 1.54) is 22.0 Å². The molecule has 9 heteroatoms. The number of nitrogens with zero attached hydrogens (tertiary/aromatic N) is 3. The number of benzene rings is 2. The Labute approximate surface area is 220 Å². The largest absolute Gasteiger partial charge is 0.448 e. The summed E-state index contributed by atoms with van der Waals surface area (Å²) >= 11 is 5.95. The molecule has 196 valence electrons. The van der Waals surface area contributed by atoms with Crippen LogP contribution in [0.4, 0.5) is 4.79 Å². The van der Waals surface area contributed by atoms with Gasteiger partial charge in [-0.15, -0.1) is 0 Å². The van der Waals surface area contributed by atoms with Crippen LogP contribution in [0, 0.1) is 0 Å². The average Bonchev–Trinajstić information content (AvgIpc) is 2.88. The molecule has 7 nitrogen and oxygen atoms in total. The molecular formula is C27H36ClN3O4S. The van der Waals surface area contributed by atoms with Crippen molar-refractivity contribution in [2.75, 3.05) is 26.7 Å². The predicted molar refractivity (Wildman–Crippen MR) is 141 cm³/mol. The second-order valence-electron chi connectivity index (χ2n) is 9.92. The van der Waals surface area contributed by atoms with E-state index in [2.05, 4.69) is 36.2 Å². The van der Waals surface area contributed by atoms with Crippen molar-refractivity contribution >= 4 is 27.7 Å². The summed E-state index contributed by atoms with van der Waals surface area (Å²) in [6.07, 6.45) is 3.75. The fourth-order valence-electron chi connectivity index (χ4n) is 5.33. The number of hydrogen-bond donors (Lipinski definition) is 0. The van der Waals surface area contributed by atoms with Gasteiger partial charge >= 0.3 is 6.09 Å². The van der Waals surface area contributed by atoms with Crippen molar-refractivity contribution in [1.82, 2.24) is 14.1 Å². The van der Waals surface area contributed by atoms with Crippen molar-refractivity contribution < 1.29 is 17.9 Å². The van der Waals surface area contributed by atoms with Crippen LogP contribution in [0.25, 0.3) is 0 Å². The monoisotopic (exact) mass is 533 g/mol. The van der Waals surface area contributed by atoms with Crippen LogP contribution in [0.1, 0.15) is 44.6 Å². The Hall–Kier alpha value is -2.13. The van der Waals surface area contributed by atoms with Gasteiger partial charge in [0.15, 0.2) is 0 Å². The lowest BCUT2D eigenvalue weighted by molar-refractivity contribution is 0.0511. The molecule has 2 atom stereocenters. The average molecular weight is 534 g/mol. The van der Waals surface area contributed by atoms with Crippen LogP contribution in [0.5, 0.6) is 0 Å². The molecule has 0 unspecified atom stereocenters. The summed E-state index contributed by atoms with van der Waals surface area (Å²) in [6, 6.07) is 16.5. The minimum atomic E-state index is -3.73. The van der Waals surface area contributed by atoms with E-state index in [1.807, 2.05) is 13.0 Å². The number of sulfonamides is 1. The number of carbonyl (C=O) groups excluding carboxylic acids is 1. The van der Waals surface area contributed by atoms with Crippen LogP contribution in [-0.4, -0.2) is 73.5 Å². The Morgan fingerprint density at radius 1 is 1.03 bits per heavy atom. The Balaban J connectivity index is 1.31. The molecule has 0 bridgehead atoms. The number of halogens is 1. The van der Waals surface area contributed by atoms with E-state index >= 15 is 0 Å². The minimum absolute atomic E-state index is 0.0594. The third-order valence-electron chi connectivity index (χ3n) is 7.36. The van der Waals surface area contributed by atoms with E-state index in [4.69, 9.17) is 16.3 Å². The molecule has 0 radical (unpaired) electrons. The van der Waals surface area contributed by atoms with Crippen molar-refractivity contribution in [3.05, 3.63) is 65.2 Å². The van der Waals surface area contributed by atoms with Crippen LogP contribution in [0.2, 0.25) is 5.02 Å². The number of hydrogen-bond acceptors (Lipinski definition) is 5. The highest BCUT2D eigenvalue weighted by atomic mass is 35.5. The highest BCUT2D eigenvalue weighted by Gasteiger charge is 2.39. The lowest BCUT2D eigenvalue weighted by Crippen LogP contribution is -2.51. The van der Waals surface area contributed by atoms with Crippen LogP contribution in [0.15, 0.2) is 59.5 Å². The maximum Gasteiger partial charge on any atom is 0.409 e. The molecule has 0 N–H and O–H groups in total. The fraction of sp³-hybridized carbons (Fsp3) is 0.519. The van der Waals surface area contributed by atoms with Gasteiger partial charge in [-0.3, -0.25) is 4.90 Å². The van der Waals surface area contributed by atoms with Gasteiger partial charge in [0.05, 0.1) is 10.9 Å². The Kier molecular flexibility index (Phi) is 8.93. The molecule has 2 heterocycles. The zero-order chi connectivity index (χ0) is 25.7. The van der Waals surface area contributed by atoms with Crippen molar-refractivity contribution in [1.29, 1.82) is 0 Å². The lowest BCUT2D eigenvalue weighted by atomic mass is 10.0. The summed E-state index contributed by atoms with van der Waals surface area (Å²) in [7, 11) is -1.60. The zero-order valence-electron chi connectivity index (χ0n) is 21.1. The summed E-state index contributed by atoms with van der Waals surface area (Å²) in [6.45, 7) is 4.13. The molecule has 2 aliphatic heterocycles. The minimum Gasteiger partial charge on any atom is -0.448 e. The van der Waals surface area contributed by atoms with Crippen molar-refractivity contribution in [3.63, 3.8) is 0 Å². The van der Waals surface area contributed by atoms with E-state index in [9.17, 15) is 13.2 Å². The van der Waals surface area contributed by atoms with Crippen molar-refractivity contribution in [2.45, 2.75) is 68.6 Å². The van der Waals surface area contributed by atoms with Gasteiger partial charge in [0.1, 0.15) is 6.61 Å². The number of likely N-dealkylation sites (tertiary alicyclic amines) is 1. The molecule has 0 saturated carbocycles. The van der Waals surface area contributed by atoms with Gasteiger partial charge in [0.25, 0.3) is 0 Å². The number of piperidine rings is 2. The quantitative estimate of drug-likeness (QED) is 0.500. The zero-order valence-corrected chi connectivity index (χ0v) is 22.6. The molecule has 2 aromatic carbocycles. The van der Waals surface area contributed by atoms with Gasteiger partial charge < -0.3 is 9.64 Å². The second kappa shape index (κ2) is 11.9. The first kappa shape index (κ1) is 26.9. The first-order chi connectivity index (χ1) is 17.3. The standard InChI is InChI=1S/C27H36ClN3O4S/c1-21-7-6-10-25(31(21)36(33,34)26-13-11-23(28)12-14-26)20-35-27(32)30-17-15-24(16-18-30)29(2)19-22-8-4-3-5-9-22/h3-5,8-9,11-14,21,24-25H,6-7,10,15-20H2,1-2H3/t21-,25-/m1/s1. The van der Waals surface area contributed by atoms with Crippen LogP contribution < -0.4 is 0 Å². The molecule has 2 aliphatic rings. The summed E-state index contributed by atoms with van der Waals surface area (Å²) in [4.78, 5) is 17.2. The summed E-state index contributed by atoms with van der Waals surface area (Å²) in [5.41, 5.74) is 1.28. The maximum absolute atomic E-state index is 13.4. The highest BCUT2D eigenvalue weighted by molar-refractivity contribution is 7.89. The molecule has 0 aliphatic carbocycles. The normalized spacial score (nSPS) is 22.1. The second-order valence-corrected chi connectivity index (χ2v) is 12.2. The van der Waals surface area contributed by atoms with E-state index in [-0.39, 0.29) is 29.7 Å². The van der Waals surface area contributed by atoms with Crippen LogP contribution >= 0.6 is 11.6 Å². The molecule has 0 aromatic heterocycles. The van der Waals surface area contributed by atoms with Gasteiger partial charge in [0, 0.05) is 36.7 Å². The Bertz CT molecular complexity index is 1110. The summed E-state index contributed by atoms with van der Waals surface area (Å²) in [5.74, 6) is 0. The molecule has 2 fully saturated rings. The maximum atomic E-state index is 13.4. The smallest absolute Gasteiger partial charge is 0.409 e. The molecule has 2 aromatic rings. The molecule has 1 amide bonds. The fourth-order valence-corrected chi connectivity index (χ4v) is 7.32. The van der Waals surface area contributed by atoms with Gasteiger partial charge in [0.2, 0.25) is 10.0 Å². The third-order valence-corrected chi connectivity index (χ3v) is 9.70. The van der Waals surface area contributed by atoms with Gasteiger partial charge in [-0.1, -0.05) is 48.4 Å². The van der Waals surface area contributed by atoms with Crippen LogP contribution in [-0.2, 0) is 21.3 Å². The number of ether oxygens (including phenoxy) is 1. The highest BCUT2D eigenvalue weighted by Crippen LogP contribution is 2.30. The van der Waals surface area contributed by atoms with Gasteiger partial charge in [-0.25, -0.2) is 13.2 Å². The number of amides is 1. The van der Waals surface area contributed by atoms with Crippen molar-refractivity contribution in [3.8, 4) is 0 Å². The third kappa shape index (κ3) is 6.40. The van der Waals surface area contributed by atoms with Crippen LogP contribution in [0.3, 0.4) is 0 Å². The SMILES string of the molecule is C[C@@H]1CCC[C@H](COC(=O)N2CCC(N(C)Cc3ccccc3)CC2)N1S(=O)(=O)c1ccc(Cl)cc1. The van der Waals surface area contributed by atoms with Crippen molar-refractivity contribution in [2.24, 2.45) is 0 Å². The molecule has 36 heavy (non-hydrogen) atoms. The first-order valence-corrected chi connectivity index (χ1v) is 14.5. The number of carbonyl (C=O) groups is 1. The lowest BCUT2D eigenvalue weighted by Gasteiger charge is -2.40. The predicted octanol–water partition coefficient (Wildman–Crippen LogP) is 5.00. The molecule has 0 spiro atoms. The Morgan fingerprint density at radius 2 is 1.69 bits per heavy atom. The first-order valence-electron chi connectivity index (χ1n) is 12.7. The van der Waals surface area contributed by atoms with E-state index < -0.39 is 10.0 Å². The van der Waals surface area contributed by atoms with Gasteiger partial charge in [-0.05, 0) is 69.5 Å².